The molecule has 2 N–H and O–H groups in total. The fraction of sp³-hybridized carbons (Fsp3) is 0.200. The average molecular weight is 178 g/mol. The fourth-order valence-electron chi connectivity index (χ4n) is 1.33. The highest BCUT2D eigenvalue weighted by Gasteiger charge is 2.07. The van der Waals surface area contributed by atoms with Crippen LogP contribution in [0.1, 0.15) is 12.7 Å². The zero-order chi connectivity index (χ0) is 9.42. The van der Waals surface area contributed by atoms with E-state index in [0.29, 0.717) is 11.0 Å². The molecule has 0 unspecified atom stereocenters. The third-order valence-electron chi connectivity index (χ3n) is 2.00. The minimum absolute atomic E-state index is 0.0157. The maximum Gasteiger partial charge on any atom is 0.141 e. The second-order valence-corrected chi connectivity index (χ2v) is 2.94. The van der Waals surface area contributed by atoms with E-state index in [1.807, 2.05) is 6.92 Å². The Labute approximate surface area is 75.2 Å². The predicted octanol–water partition coefficient (Wildman–Crippen LogP) is 2.41. The standard InChI is InChI=1S/C10H10O3/c1-2-7-5-8-9(12)3-6(11)4-10(8)13-7/h3-5,11-12H,2H2,1H3. The van der Waals surface area contributed by atoms with Gasteiger partial charge in [-0.1, -0.05) is 6.92 Å². The normalized spacial score (nSPS) is 10.8. The van der Waals surface area contributed by atoms with Crippen molar-refractivity contribution in [3.63, 3.8) is 0 Å². The number of phenols is 2. The quantitative estimate of drug-likeness (QED) is 0.705. The lowest BCUT2D eigenvalue weighted by Gasteiger charge is -1.94. The highest BCUT2D eigenvalue weighted by molar-refractivity contribution is 5.85. The largest absolute Gasteiger partial charge is 0.508 e. The van der Waals surface area contributed by atoms with E-state index < -0.39 is 0 Å². The molecule has 1 aromatic carbocycles. The number of phenolic OH excluding ortho intramolecular Hbond substituents is 2. The lowest BCUT2D eigenvalue weighted by Crippen LogP contribution is -1.67. The van der Waals surface area contributed by atoms with E-state index in [4.69, 9.17) is 4.42 Å². The van der Waals surface area contributed by atoms with Crippen molar-refractivity contribution in [1.29, 1.82) is 0 Å². The zero-order valence-electron chi connectivity index (χ0n) is 7.24. The molecule has 0 atom stereocenters. The summed E-state index contributed by atoms with van der Waals surface area (Å²) in [4.78, 5) is 0. The molecule has 0 aliphatic heterocycles. The first-order chi connectivity index (χ1) is 6.20. The summed E-state index contributed by atoms with van der Waals surface area (Å²) in [6.07, 6.45) is 0.773. The molecule has 0 spiro atoms. The summed E-state index contributed by atoms with van der Waals surface area (Å²) in [6.45, 7) is 1.97. The van der Waals surface area contributed by atoms with Crippen LogP contribution in [-0.4, -0.2) is 10.2 Å². The smallest absolute Gasteiger partial charge is 0.141 e. The number of benzene rings is 1. The molecule has 0 radical (unpaired) electrons. The van der Waals surface area contributed by atoms with E-state index in [2.05, 4.69) is 0 Å². The van der Waals surface area contributed by atoms with E-state index in [9.17, 15) is 10.2 Å². The monoisotopic (exact) mass is 178 g/mol. The van der Waals surface area contributed by atoms with Gasteiger partial charge in [-0.15, -0.1) is 0 Å². The minimum atomic E-state index is 0.0157. The molecule has 0 aliphatic rings. The first-order valence-corrected chi connectivity index (χ1v) is 4.15. The van der Waals surface area contributed by atoms with Gasteiger partial charge in [0, 0.05) is 18.6 Å². The highest BCUT2D eigenvalue weighted by atomic mass is 16.3. The van der Waals surface area contributed by atoms with Crippen molar-refractivity contribution in [3.8, 4) is 11.5 Å². The molecule has 2 aromatic rings. The van der Waals surface area contributed by atoms with Gasteiger partial charge >= 0.3 is 0 Å². The zero-order valence-corrected chi connectivity index (χ0v) is 7.24. The topological polar surface area (TPSA) is 53.6 Å². The molecule has 3 heteroatoms. The van der Waals surface area contributed by atoms with Crippen molar-refractivity contribution in [2.45, 2.75) is 13.3 Å². The average Bonchev–Trinajstić information content (AvgIpc) is 2.47. The first-order valence-electron chi connectivity index (χ1n) is 4.15. The van der Waals surface area contributed by atoms with Crippen molar-refractivity contribution in [1.82, 2.24) is 0 Å². The molecule has 2 rings (SSSR count). The molecule has 0 aliphatic carbocycles. The maximum atomic E-state index is 9.44. The molecule has 1 heterocycles. The summed E-state index contributed by atoms with van der Waals surface area (Å²) in [7, 11) is 0. The number of aromatic hydroxyl groups is 2. The van der Waals surface area contributed by atoms with Gasteiger partial charge in [-0.3, -0.25) is 0 Å². The molecule has 0 saturated carbocycles. The second kappa shape index (κ2) is 2.69. The van der Waals surface area contributed by atoms with Gasteiger partial charge in [0.15, 0.2) is 0 Å². The molecule has 3 nitrogen and oxygen atoms in total. The third kappa shape index (κ3) is 1.22. The Morgan fingerprint density at radius 3 is 2.69 bits per heavy atom. The molecule has 0 saturated heterocycles. The van der Waals surface area contributed by atoms with Crippen LogP contribution in [0.2, 0.25) is 0 Å². The van der Waals surface area contributed by atoms with Crippen molar-refractivity contribution < 1.29 is 14.6 Å². The van der Waals surface area contributed by atoms with Gasteiger partial charge in [0.2, 0.25) is 0 Å². The van der Waals surface area contributed by atoms with Crippen LogP contribution >= 0.6 is 0 Å². The third-order valence-corrected chi connectivity index (χ3v) is 2.00. The van der Waals surface area contributed by atoms with Gasteiger partial charge in [0.25, 0.3) is 0 Å². The first kappa shape index (κ1) is 7.98. The number of hydrogen-bond donors (Lipinski definition) is 2. The summed E-state index contributed by atoms with van der Waals surface area (Å²) < 4.78 is 5.36. The minimum Gasteiger partial charge on any atom is -0.508 e. The van der Waals surface area contributed by atoms with E-state index >= 15 is 0 Å². The Morgan fingerprint density at radius 1 is 1.23 bits per heavy atom. The molecular weight excluding hydrogens is 168 g/mol. The molecular formula is C10H10O3. The van der Waals surface area contributed by atoms with Crippen LogP contribution in [0.15, 0.2) is 22.6 Å². The number of hydrogen-bond acceptors (Lipinski definition) is 3. The van der Waals surface area contributed by atoms with Gasteiger partial charge in [0.05, 0.1) is 5.39 Å². The molecule has 13 heavy (non-hydrogen) atoms. The van der Waals surface area contributed by atoms with Crippen molar-refractivity contribution in [2.24, 2.45) is 0 Å². The number of fused-ring (bicyclic) bond motifs is 1. The van der Waals surface area contributed by atoms with Crippen LogP contribution in [0.25, 0.3) is 11.0 Å². The predicted molar refractivity (Wildman–Crippen MR) is 48.9 cm³/mol. The SMILES string of the molecule is CCc1cc2c(O)cc(O)cc2o1. The Kier molecular flexibility index (Phi) is 1.65. The maximum absolute atomic E-state index is 9.44. The molecule has 0 amide bonds. The van der Waals surface area contributed by atoms with Crippen LogP contribution in [0.4, 0.5) is 0 Å². The van der Waals surface area contributed by atoms with Gasteiger partial charge in [-0.05, 0) is 6.07 Å². The Hall–Kier alpha value is -1.64. The Balaban J connectivity index is 2.75. The number of aryl methyl sites for hydroxylation is 1. The lowest BCUT2D eigenvalue weighted by atomic mass is 10.2. The molecule has 68 valence electrons. The van der Waals surface area contributed by atoms with E-state index in [-0.39, 0.29) is 11.5 Å². The van der Waals surface area contributed by atoms with Crippen LogP contribution < -0.4 is 0 Å². The van der Waals surface area contributed by atoms with Crippen LogP contribution in [-0.2, 0) is 6.42 Å². The lowest BCUT2D eigenvalue weighted by molar-refractivity contribution is 0.453. The Bertz CT molecular complexity index is 443. The summed E-state index contributed by atoms with van der Waals surface area (Å²) in [5.74, 6) is 0.872. The number of rotatable bonds is 1. The second-order valence-electron chi connectivity index (χ2n) is 2.94. The van der Waals surface area contributed by atoms with Gasteiger partial charge < -0.3 is 14.6 Å². The van der Waals surface area contributed by atoms with Gasteiger partial charge in [-0.2, -0.15) is 0 Å². The van der Waals surface area contributed by atoms with Gasteiger partial charge in [0.1, 0.15) is 22.8 Å². The van der Waals surface area contributed by atoms with E-state index in [1.165, 1.54) is 12.1 Å². The van der Waals surface area contributed by atoms with Crippen molar-refractivity contribution in [3.05, 3.63) is 24.0 Å². The van der Waals surface area contributed by atoms with Gasteiger partial charge in [-0.25, -0.2) is 0 Å². The summed E-state index contributed by atoms with van der Waals surface area (Å²) >= 11 is 0. The summed E-state index contributed by atoms with van der Waals surface area (Å²) in [5, 5.41) is 19.3. The molecule has 0 fully saturated rings. The van der Waals surface area contributed by atoms with Crippen LogP contribution in [0, 0.1) is 0 Å². The van der Waals surface area contributed by atoms with Crippen LogP contribution in [0.5, 0.6) is 11.5 Å². The molecule has 1 aromatic heterocycles. The Morgan fingerprint density at radius 2 is 2.00 bits per heavy atom. The summed E-state index contributed by atoms with van der Waals surface area (Å²) in [6, 6.07) is 4.58. The summed E-state index contributed by atoms with van der Waals surface area (Å²) in [5.41, 5.74) is 0.523. The fourth-order valence-corrected chi connectivity index (χ4v) is 1.33. The van der Waals surface area contributed by atoms with Crippen LogP contribution in [0.3, 0.4) is 0 Å². The van der Waals surface area contributed by atoms with E-state index in [0.717, 1.165) is 12.2 Å². The van der Waals surface area contributed by atoms with E-state index in [1.54, 1.807) is 6.07 Å². The number of furan rings is 1. The highest BCUT2D eigenvalue weighted by Crippen LogP contribution is 2.32. The van der Waals surface area contributed by atoms with Crippen molar-refractivity contribution >= 4 is 11.0 Å². The van der Waals surface area contributed by atoms with Crippen molar-refractivity contribution in [2.75, 3.05) is 0 Å². The molecule has 0 bridgehead atoms.